The van der Waals surface area contributed by atoms with Crippen molar-refractivity contribution in [3.05, 3.63) is 47.8 Å². The quantitative estimate of drug-likeness (QED) is 0.434. The van der Waals surface area contributed by atoms with E-state index in [0.717, 1.165) is 51.4 Å². The lowest BCUT2D eigenvalue weighted by molar-refractivity contribution is -0.139. The van der Waals surface area contributed by atoms with Crippen LogP contribution in [0.2, 0.25) is 0 Å². The van der Waals surface area contributed by atoms with Gasteiger partial charge in [0.25, 0.3) is 5.91 Å². The monoisotopic (exact) mass is 686 g/mol. The van der Waals surface area contributed by atoms with Crippen LogP contribution in [0.25, 0.3) is 0 Å². The minimum Gasteiger partial charge on any atom is -0.444 e. The molecule has 1 aromatic rings. The van der Waals surface area contributed by atoms with Crippen LogP contribution in [-0.4, -0.2) is 71.0 Å². The van der Waals surface area contributed by atoms with Gasteiger partial charge in [0.15, 0.2) is 0 Å². The molecule has 262 valence electrons. The van der Waals surface area contributed by atoms with Crippen molar-refractivity contribution in [2.75, 3.05) is 6.54 Å². The summed E-state index contributed by atoms with van der Waals surface area (Å²) in [6.45, 7) is 4.03. The second kappa shape index (κ2) is 13.8. The first-order valence-corrected chi connectivity index (χ1v) is 19.0. The maximum absolute atomic E-state index is 14.3. The molecule has 6 rings (SSSR count). The highest BCUT2D eigenvalue weighted by Crippen LogP contribution is 2.49. The summed E-state index contributed by atoms with van der Waals surface area (Å²) in [7, 11) is -3.99. The molecule has 2 spiro atoms. The summed E-state index contributed by atoms with van der Waals surface area (Å²) >= 11 is 0. The number of carbonyl (C=O) groups excluding carboxylic acids is 4. The smallest absolute Gasteiger partial charge is 0.410 e. The van der Waals surface area contributed by atoms with Crippen molar-refractivity contribution in [2.24, 2.45) is 5.92 Å². The van der Waals surface area contributed by atoms with Crippen LogP contribution < -0.4 is 10.0 Å². The first-order valence-electron chi connectivity index (χ1n) is 17.5. The number of carbonyl (C=O) groups is 4. The third-order valence-electron chi connectivity index (χ3n) is 11.0. The van der Waals surface area contributed by atoms with Crippen LogP contribution in [0.4, 0.5) is 9.18 Å². The molecule has 4 atom stereocenters. The average molecular weight is 687 g/mol. The number of hydrogen-bond donors (Lipinski definition) is 2. The Kier molecular flexibility index (Phi) is 9.88. The molecule has 3 aliphatic heterocycles. The Labute approximate surface area is 282 Å². The molecule has 2 aliphatic carbocycles. The zero-order chi connectivity index (χ0) is 34.1. The molecule has 1 aromatic carbocycles. The van der Waals surface area contributed by atoms with E-state index in [9.17, 15) is 32.0 Å². The standard InChI is InChI=1S/C35H47FN4O7S/c1-2-25-20-35(25)32(43)38-48(45,46)34(17-18-34)16-11-9-7-5-3-4-6-8-10-15-30(41)40-22-26(19-29(40)31(42)37-35)47-33(44)39-21-24-13-12-14-28(36)27(24)23-39/h2,12-14,25-26,29H,1,3-11,15-23H2,(H,37,42)(H,38,43)/t25-,26-,29+,35-/m1/s1. The summed E-state index contributed by atoms with van der Waals surface area (Å²) in [5.41, 5.74) is -0.370. The van der Waals surface area contributed by atoms with Crippen LogP contribution in [-0.2, 0) is 42.2 Å². The van der Waals surface area contributed by atoms with Gasteiger partial charge in [0, 0.05) is 30.9 Å². The van der Waals surface area contributed by atoms with Crippen molar-refractivity contribution in [3.63, 3.8) is 0 Å². The summed E-state index contributed by atoms with van der Waals surface area (Å²) < 4.78 is 48.4. The maximum atomic E-state index is 14.3. The van der Waals surface area contributed by atoms with Crippen LogP contribution in [0.15, 0.2) is 30.9 Å². The summed E-state index contributed by atoms with van der Waals surface area (Å²) in [5, 5.41) is 2.80. The van der Waals surface area contributed by atoms with Crippen molar-refractivity contribution in [1.82, 2.24) is 19.8 Å². The minimum atomic E-state index is -3.99. The van der Waals surface area contributed by atoms with E-state index in [-0.39, 0.29) is 44.8 Å². The second-order valence-electron chi connectivity index (χ2n) is 14.3. The number of fused-ring (bicyclic) bond motifs is 2. The van der Waals surface area contributed by atoms with E-state index >= 15 is 0 Å². The Morgan fingerprint density at radius 2 is 1.67 bits per heavy atom. The van der Waals surface area contributed by atoms with Crippen molar-refractivity contribution in [1.29, 1.82) is 0 Å². The maximum Gasteiger partial charge on any atom is 0.410 e. The SMILES string of the molecule is C=C[C@@H]1C[C@@]12NC(=O)[C@@H]1C[C@@H](OC(=O)N3Cc4cccc(F)c4C3)CN1C(=O)CCCCCCCCCCCC1(CC1)S(=O)(=O)NC2=O. The van der Waals surface area contributed by atoms with E-state index in [0.29, 0.717) is 36.8 Å². The average Bonchev–Trinajstić information content (AvgIpc) is 3.89. The van der Waals surface area contributed by atoms with E-state index in [1.165, 1.54) is 21.9 Å². The Balaban J connectivity index is 1.18. The highest BCUT2D eigenvalue weighted by atomic mass is 32.2. The van der Waals surface area contributed by atoms with Gasteiger partial charge in [0.1, 0.15) is 23.5 Å². The second-order valence-corrected chi connectivity index (χ2v) is 16.4. The van der Waals surface area contributed by atoms with Gasteiger partial charge in [-0.05, 0) is 43.7 Å². The van der Waals surface area contributed by atoms with Gasteiger partial charge in [0.2, 0.25) is 21.8 Å². The molecule has 0 bridgehead atoms. The zero-order valence-corrected chi connectivity index (χ0v) is 28.3. The highest BCUT2D eigenvalue weighted by molar-refractivity contribution is 7.91. The van der Waals surface area contributed by atoms with Gasteiger partial charge in [-0.2, -0.15) is 0 Å². The molecule has 0 aromatic heterocycles. The number of nitrogens with one attached hydrogen (secondary N) is 2. The van der Waals surface area contributed by atoms with Crippen LogP contribution in [0, 0.1) is 11.7 Å². The molecule has 13 heteroatoms. The Morgan fingerprint density at radius 1 is 0.979 bits per heavy atom. The van der Waals surface area contributed by atoms with Gasteiger partial charge in [0.05, 0.1) is 17.8 Å². The first-order chi connectivity index (χ1) is 23.0. The lowest BCUT2D eigenvalue weighted by Crippen LogP contribution is -2.57. The third-order valence-corrected chi connectivity index (χ3v) is 13.2. The number of amides is 4. The fourth-order valence-corrected chi connectivity index (χ4v) is 9.38. The van der Waals surface area contributed by atoms with E-state index in [1.54, 1.807) is 12.1 Å². The van der Waals surface area contributed by atoms with Gasteiger partial charge in [-0.15, -0.1) is 6.58 Å². The molecule has 4 fully saturated rings. The topological polar surface area (TPSA) is 142 Å². The van der Waals surface area contributed by atoms with Gasteiger partial charge in [-0.3, -0.25) is 24.0 Å². The van der Waals surface area contributed by atoms with Gasteiger partial charge in [-0.25, -0.2) is 17.6 Å². The fraction of sp³-hybridized carbons (Fsp3) is 0.657. The van der Waals surface area contributed by atoms with Crippen LogP contribution in [0.3, 0.4) is 0 Å². The van der Waals surface area contributed by atoms with Crippen LogP contribution in [0.5, 0.6) is 0 Å². The van der Waals surface area contributed by atoms with Crippen molar-refractivity contribution >= 4 is 33.8 Å². The summed E-state index contributed by atoms with van der Waals surface area (Å²) in [6, 6.07) is 3.67. The zero-order valence-electron chi connectivity index (χ0n) is 27.5. The molecule has 2 saturated carbocycles. The minimum absolute atomic E-state index is 0.00120. The predicted molar refractivity (Wildman–Crippen MR) is 175 cm³/mol. The third kappa shape index (κ3) is 6.97. The lowest BCUT2D eigenvalue weighted by Gasteiger charge is -2.27. The van der Waals surface area contributed by atoms with Crippen molar-refractivity contribution in [2.45, 2.75) is 132 Å². The summed E-state index contributed by atoms with van der Waals surface area (Å²) in [6.07, 6.45) is 10.5. The predicted octanol–water partition coefficient (Wildman–Crippen LogP) is 4.59. The molecular formula is C35H47FN4O7S. The molecule has 2 N–H and O–H groups in total. The number of rotatable bonds is 2. The Bertz CT molecular complexity index is 1560. The van der Waals surface area contributed by atoms with Crippen LogP contribution >= 0.6 is 0 Å². The van der Waals surface area contributed by atoms with E-state index < -0.39 is 62.1 Å². The normalized spacial score (nSPS) is 30.9. The van der Waals surface area contributed by atoms with Gasteiger partial charge in [-0.1, -0.05) is 69.6 Å². The molecule has 0 unspecified atom stereocenters. The Morgan fingerprint density at radius 3 is 2.31 bits per heavy atom. The number of halogens is 1. The number of ether oxygens (including phenoxy) is 1. The first kappa shape index (κ1) is 34.4. The number of nitrogens with zero attached hydrogens (tertiary/aromatic N) is 2. The molecule has 3 heterocycles. The van der Waals surface area contributed by atoms with Crippen molar-refractivity contribution in [3.8, 4) is 0 Å². The summed E-state index contributed by atoms with van der Waals surface area (Å²) in [4.78, 5) is 57.1. The van der Waals surface area contributed by atoms with E-state index in [4.69, 9.17) is 4.74 Å². The molecule has 4 amide bonds. The largest absolute Gasteiger partial charge is 0.444 e. The van der Waals surface area contributed by atoms with Gasteiger partial charge < -0.3 is 15.0 Å². The fourth-order valence-electron chi connectivity index (χ4n) is 7.69. The molecule has 0 radical (unpaired) electrons. The van der Waals surface area contributed by atoms with Gasteiger partial charge >= 0.3 is 6.09 Å². The molecular weight excluding hydrogens is 639 g/mol. The van der Waals surface area contributed by atoms with E-state index in [2.05, 4.69) is 16.6 Å². The van der Waals surface area contributed by atoms with Crippen molar-refractivity contribution < 1.29 is 36.7 Å². The van der Waals surface area contributed by atoms with E-state index in [1.807, 2.05) is 0 Å². The molecule has 48 heavy (non-hydrogen) atoms. The number of benzene rings is 1. The molecule has 5 aliphatic rings. The molecule has 2 saturated heterocycles. The highest BCUT2D eigenvalue weighted by Gasteiger charge is 2.63. The summed E-state index contributed by atoms with van der Waals surface area (Å²) in [5.74, 6) is -2.52. The number of sulfonamides is 1. The Hall–Kier alpha value is -3.48. The van der Waals surface area contributed by atoms with Crippen LogP contribution in [0.1, 0.15) is 107 Å². The molecule has 11 nitrogen and oxygen atoms in total. The lowest BCUT2D eigenvalue weighted by atomic mass is 10.0. The number of hydrogen-bond acceptors (Lipinski definition) is 7.